The van der Waals surface area contributed by atoms with Crippen molar-refractivity contribution >= 4 is 0 Å². The normalized spacial score (nSPS) is 16.1. The van der Waals surface area contributed by atoms with E-state index < -0.39 is 0 Å². The molecule has 0 atom stereocenters. The molecule has 0 saturated heterocycles. The monoisotopic (exact) mass is 439 g/mol. The minimum absolute atomic E-state index is 0.898. The van der Waals surface area contributed by atoms with E-state index in [0.29, 0.717) is 0 Å². The van der Waals surface area contributed by atoms with Crippen molar-refractivity contribution in [3.8, 4) is 0 Å². The molecule has 0 heterocycles. The lowest BCUT2D eigenvalue weighted by Crippen LogP contribution is -2.21. The third kappa shape index (κ3) is 16.3. The molecule has 0 bridgehead atoms. The predicted molar refractivity (Wildman–Crippen MR) is 146 cm³/mol. The fourth-order valence-electron chi connectivity index (χ4n) is 4.05. The minimum atomic E-state index is 0.898. The summed E-state index contributed by atoms with van der Waals surface area (Å²) in [7, 11) is 2.29. The molecule has 1 rings (SSSR count). The summed E-state index contributed by atoms with van der Waals surface area (Å²) in [5, 5.41) is 0. The van der Waals surface area contributed by atoms with Crippen LogP contribution in [-0.2, 0) is 0 Å². The van der Waals surface area contributed by atoms with Crippen LogP contribution in [0.25, 0.3) is 0 Å². The molecule has 1 nitrogen and oxygen atoms in total. The fourth-order valence-corrected chi connectivity index (χ4v) is 4.05. The Hall–Kier alpha value is -1.34. The molecule has 0 N–H and O–H groups in total. The average Bonchev–Trinajstić information content (AvgIpc) is 3.56. The summed E-state index contributed by atoms with van der Waals surface area (Å²) in [6, 6.07) is 0.898. The first kappa shape index (κ1) is 28.7. The zero-order valence-corrected chi connectivity index (χ0v) is 22.6. The number of hydrogen-bond acceptors (Lipinski definition) is 1. The summed E-state index contributed by atoms with van der Waals surface area (Å²) in [6.45, 7) is 14.8. The van der Waals surface area contributed by atoms with Crippen molar-refractivity contribution in [2.75, 3.05) is 13.6 Å². The molecule has 1 aliphatic rings. The Labute approximate surface area is 201 Å². The number of allylic oxidation sites excluding steroid dienone is 10. The topological polar surface area (TPSA) is 3.24 Å². The first-order valence-corrected chi connectivity index (χ1v) is 13.2. The Kier molecular flexibility index (Phi) is 15.4. The molecule has 0 aromatic rings. The third-order valence-corrected chi connectivity index (χ3v) is 6.56. The molecule has 0 aliphatic heterocycles. The van der Waals surface area contributed by atoms with Crippen LogP contribution in [0.3, 0.4) is 0 Å². The van der Waals surface area contributed by atoms with Gasteiger partial charge < -0.3 is 4.90 Å². The summed E-state index contributed by atoms with van der Waals surface area (Å²) in [5.41, 5.74) is 7.61. The second kappa shape index (κ2) is 17.2. The molecule has 0 radical (unpaired) electrons. The van der Waals surface area contributed by atoms with Gasteiger partial charge in [0.1, 0.15) is 0 Å². The van der Waals surface area contributed by atoms with E-state index >= 15 is 0 Å². The summed E-state index contributed by atoms with van der Waals surface area (Å²) in [6.07, 6.45) is 27.0. The van der Waals surface area contributed by atoms with Crippen LogP contribution in [0, 0.1) is 0 Å². The van der Waals surface area contributed by atoms with E-state index in [9.17, 15) is 0 Å². The van der Waals surface area contributed by atoms with Gasteiger partial charge in [-0.1, -0.05) is 58.2 Å². The molecule has 1 aliphatic carbocycles. The fraction of sp³-hybridized carbons (Fsp3) is 0.677. The Morgan fingerprint density at radius 2 is 1.00 bits per heavy atom. The second-order valence-electron chi connectivity index (χ2n) is 10.5. The quantitative estimate of drug-likeness (QED) is 0.161. The van der Waals surface area contributed by atoms with E-state index in [1.54, 1.807) is 11.1 Å². The van der Waals surface area contributed by atoms with Gasteiger partial charge in [0.15, 0.2) is 0 Å². The van der Waals surface area contributed by atoms with Crippen LogP contribution >= 0.6 is 0 Å². The Balaban J connectivity index is 2.13. The summed E-state index contributed by atoms with van der Waals surface area (Å²) >= 11 is 0. The van der Waals surface area contributed by atoms with Gasteiger partial charge in [0.25, 0.3) is 0 Å². The Morgan fingerprint density at radius 3 is 1.44 bits per heavy atom. The molecular formula is C31H53N. The van der Waals surface area contributed by atoms with Gasteiger partial charge in [-0.2, -0.15) is 0 Å². The molecule has 0 aromatic heterocycles. The van der Waals surface area contributed by atoms with Crippen LogP contribution in [0.4, 0.5) is 0 Å². The molecule has 0 unspecified atom stereocenters. The van der Waals surface area contributed by atoms with Gasteiger partial charge in [-0.15, -0.1) is 0 Å². The van der Waals surface area contributed by atoms with Crippen molar-refractivity contribution < 1.29 is 0 Å². The van der Waals surface area contributed by atoms with Crippen molar-refractivity contribution in [1.82, 2.24) is 4.90 Å². The highest BCUT2D eigenvalue weighted by atomic mass is 15.1. The Morgan fingerprint density at radius 1 is 0.594 bits per heavy atom. The first-order valence-electron chi connectivity index (χ1n) is 13.2. The van der Waals surface area contributed by atoms with E-state index in [4.69, 9.17) is 0 Å². The molecule has 32 heavy (non-hydrogen) atoms. The van der Waals surface area contributed by atoms with E-state index in [1.807, 2.05) is 0 Å². The smallest absolute Gasteiger partial charge is 0.00933 e. The van der Waals surface area contributed by atoms with Gasteiger partial charge in [-0.05, 0) is 132 Å². The highest BCUT2D eigenvalue weighted by Gasteiger charge is 2.25. The molecule has 1 heteroatoms. The predicted octanol–water partition coefficient (Wildman–Crippen LogP) is 9.73. The minimum Gasteiger partial charge on any atom is -0.303 e. The van der Waals surface area contributed by atoms with Gasteiger partial charge in [-0.25, -0.2) is 0 Å². The number of rotatable bonds is 17. The Bertz CT molecular complexity index is 663. The molecule has 1 fully saturated rings. The maximum absolute atomic E-state index is 2.54. The van der Waals surface area contributed by atoms with Crippen LogP contribution in [0.2, 0.25) is 0 Å². The zero-order valence-electron chi connectivity index (χ0n) is 22.6. The maximum atomic E-state index is 2.54. The van der Waals surface area contributed by atoms with Gasteiger partial charge in [0.05, 0.1) is 0 Å². The van der Waals surface area contributed by atoms with Crippen molar-refractivity contribution in [3.63, 3.8) is 0 Å². The molecular weight excluding hydrogens is 386 g/mol. The lowest BCUT2D eigenvalue weighted by atomic mass is 10.0. The zero-order chi connectivity index (χ0) is 23.8. The van der Waals surface area contributed by atoms with Crippen molar-refractivity contribution in [2.24, 2.45) is 0 Å². The standard InChI is InChI=1S/C31H53N/c1-26(2)14-10-17-29(5)20-11-18-27(3)15-8-9-16-28(4)19-12-21-30(6)22-13-25-32(7)31-23-24-31/h14-16,20-21,31H,8-13,17-19,22-25H2,1-7H3/b27-15+,28-16+,29-20+,30-21+. The van der Waals surface area contributed by atoms with E-state index in [-0.39, 0.29) is 0 Å². The molecule has 0 aromatic carbocycles. The highest BCUT2D eigenvalue weighted by molar-refractivity contribution is 5.07. The second-order valence-corrected chi connectivity index (χ2v) is 10.5. The van der Waals surface area contributed by atoms with E-state index in [2.05, 4.69) is 83.9 Å². The summed E-state index contributed by atoms with van der Waals surface area (Å²) < 4.78 is 0. The van der Waals surface area contributed by atoms with E-state index in [1.165, 1.54) is 100 Å². The van der Waals surface area contributed by atoms with E-state index in [0.717, 1.165) is 6.04 Å². The van der Waals surface area contributed by atoms with Gasteiger partial charge in [0.2, 0.25) is 0 Å². The average molecular weight is 440 g/mol. The highest BCUT2D eigenvalue weighted by Crippen LogP contribution is 2.25. The molecule has 182 valence electrons. The maximum Gasteiger partial charge on any atom is 0.00933 e. The van der Waals surface area contributed by atoms with Crippen LogP contribution in [-0.4, -0.2) is 24.5 Å². The molecule has 0 spiro atoms. The number of unbranched alkanes of at least 4 members (excludes halogenated alkanes) is 1. The SMILES string of the molecule is CC(C)=CCC/C(C)=C/CC/C(C)=C/CC/C=C(\C)CC/C=C(\C)CCCN(C)C1CC1. The van der Waals surface area contributed by atoms with Crippen LogP contribution in [0.1, 0.15) is 119 Å². The van der Waals surface area contributed by atoms with Gasteiger partial charge in [-0.3, -0.25) is 0 Å². The number of nitrogens with zero attached hydrogens (tertiary/aromatic N) is 1. The largest absolute Gasteiger partial charge is 0.303 e. The van der Waals surface area contributed by atoms with Crippen molar-refractivity contribution in [2.45, 2.75) is 125 Å². The van der Waals surface area contributed by atoms with Crippen molar-refractivity contribution in [3.05, 3.63) is 58.2 Å². The molecule has 0 amide bonds. The van der Waals surface area contributed by atoms with Crippen LogP contribution in [0.15, 0.2) is 58.2 Å². The number of hydrogen-bond donors (Lipinski definition) is 0. The van der Waals surface area contributed by atoms with Crippen LogP contribution < -0.4 is 0 Å². The lowest BCUT2D eigenvalue weighted by molar-refractivity contribution is 0.319. The van der Waals surface area contributed by atoms with Gasteiger partial charge in [0, 0.05) is 6.04 Å². The summed E-state index contributed by atoms with van der Waals surface area (Å²) in [5.74, 6) is 0. The first-order chi connectivity index (χ1) is 15.3. The van der Waals surface area contributed by atoms with Crippen LogP contribution in [0.5, 0.6) is 0 Å². The third-order valence-electron chi connectivity index (χ3n) is 6.56. The summed E-state index contributed by atoms with van der Waals surface area (Å²) in [4.78, 5) is 2.54. The molecule has 1 saturated carbocycles. The van der Waals surface area contributed by atoms with Gasteiger partial charge >= 0.3 is 0 Å². The lowest BCUT2D eigenvalue weighted by Gasteiger charge is -2.15. The van der Waals surface area contributed by atoms with Crippen molar-refractivity contribution in [1.29, 1.82) is 0 Å².